The molecule has 2 aromatic rings. The summed E-state index contributed by atoms with van der Waals surface area (Å²) in [7, 11) is 0. The van der Waals surface area contributed by atoms with Gasteiger partial charge in [-0.25, -0.2) is 0 Å². The first kappa shape index (κ1) is 24.0. The zero-order valence-corrected chi connectivity index (χ0v) is 20.3. The Bertz CT molecular complexity index is 654. The van der Waals surface area contributed by atoms with Crippen LogP contribution in [0.5, 0.6) is 0 Å². The van der Waals surface area contributed by atoms with Crippen LogP contribution in [0, 0.1) is 25.7 Å². The van der Waals surface area contributed by atoms with E-state index in [2.05, 4.69) is 90.2 Å². The molecule has 2 aliphatic heterocycles. The molecule has 0 saturated carbocycles. The molecule has 0 unspecified atom stereocenters. The van der Waals surface area contributed by atoms with Gasteiger partial charge in [0.25, 0.3) is 0 Å². The van der Waals surface area contributed by atoms with Gasteiger partial charge in [-0.2, -0.15) is 0 Å². The topological polar surface area (TPSA) is 15.3 Å². The number of nitrogens with one attached hydrogen (secondary N) is 1. The van der Waals surface area contributed by atoms with Gasteiger partial charge >= 0.3 is 0 Å². The quantitative estimate of drug-likeness (QED) is 0.532. The monoisotopic (exact) mass is 458 g/mol. The van der Waals surface area contributed by atoms with Crippen LogP contribution in [-0.4, -0.2) is 26.2 Å². The highest BCUT2D eigenvalue weighted by molar-refractivity contribution is 9.10. The highest BCUT2D eigenvalue weighted by Gasteiger charge is 2.20. The molecular weight excluding hydrogens is 420 g/mol. The largest absolute Gasteiger partial charge is 0.371 e. The Balaban J connectivity index is 0.000000170. The lowest BCUT2D eigenvalue weighted by molar-refractivity contribution is 0.563. The molecule has 2 aromatic carbocycles. The van der Waals surface area contributed by atoms with Crippen LogP contribution in [0.4, 0.5) is 5.69 Å². The van der Waals surface area contributed by atoms with Crippen LogP contribution in [0.1, 0.15) is 50.7 Å². The molecule has 0 aromatic heterocycles. The number of hydrogen-bond acceptors (Lipinski definition) is 2. The maximum absolute atomic E-state index is 3.35. The second-order valence-electron chi connectivity index (χ2n) is 8.41. The Morgan fingerprint density at radius 2 is 1.45 bits per heavy atom. The molecule has 2 fully saturated rings. The van der Waals surface area contributed by atoms with Crippen molar-refractivity contribution in [2.45, 2.75) is 53.4 Å². The molecule has 29 heavy (non-hydrogen) atoms. The Morgan fingerprint density at radius 3 is 1.86 bits per heavy atom. The van der Waals surface area contributed by atoms with Crippen molar-refractivity contribution >= 4 is 21.6 Å². The van der Waals surface area contributed by atoms with E-state index in [4.69, 9.17) is 0 Å². The molecule has 0 amide bonds. The van der Waals surface area contributed by atoms with Gasteiger partial charge in [-0.3, -0.25) is 0 Å². The molecule has 0 spiro atoms. The van der Waals surface area contributed by atoms with E-state index in [1.807, 2.05) is 12.1 Å². The summed E-state index contributed by atoms with van der Waals surface area (Å²) in [6.07, 6.45) is 5.44. The van der Waals surface area contributed by atoms with E-state index in [0.29, 0.717) is 0 Å². The second kappa shape index (κ2) is 13.1. The summed E-state index contributed by atoms with van der Waals surface area (Å²) in [6, 6.07) is 17.1. The Kier molecular flexibility index (Phi) is 10.8. The fourth-order valence-electron chi connectivity index (χ4n) is 3.75. The number of anilines is 1. The first-order valence-electron chi connectivity index (χ1n) is 11.3. The predicted molar refractivity (Wildman–Crippen MR) is 132 cm³/mol. The first-order chi connectivity index (χ1) is 14.0. The van der Waals surface area contributed by atoms with Gasteiger partial charge in [-0.15, -0.1) is 0 Å². The van der Waals surface area contributed by atoms with Gasteiger partial charge in [0, 0.05) is 23.2 Å². The van der Waals surface area contributed by atoms with Crippen molar-refractivity contribution < 1.29 is 0 Å². The minimum atomic E-state index is 0.913. The van der Waals surface area contributed by atoms with E-state index < -0.39 is 0 Å². The maximum atomic E-state index is 3.35. The van der Waals surface area contributed by atoms with E-state index in [0.717, 1.165) is 16.3 Å². The van der Waals surface area contributed by atoms with Crippen LogP contribution in [-0.2, 0) is 0 Å². The number of halogens is 1. The predicted octanol–water partition coefficient (Wildman–Crippen LogP) is 6.99. The number of hydrogen-bond donors (Lipinski definition) is 1. The van der Waals surface area contributed by atoms with E-state index >= 15 is 0 Å². The summed E-state index contributed by atoms with van der Waals surface area (Å²) < 4.78 is 1.14. The van der Waals surface area contributed by atoms with Gasteiger partial charge in [0.1, 0.15) is 0 Å². The molecule has 3 heteroatoms. The third-order valence-corrected chi connectivity index (χ3v) is 6.54. The minimum absolute atomic E-state index is 0.913. The lowest BCUT2D eigenvalue weighted by Gasteiger charge is -2.18. The lowest BCUT2D eigenvalue weighted by atomic mass is 10.1. The van der Waals surface area contributed by atoms with Gasteiger partial charge in [-0.05, 0) is 75.9 Å². The van der Waals surface area contributed by atoms with E-state index in [9.17, 15) is 0 Å². The van der Waals surface area contributed by atoms with Crippen LogP contribution in [0.15, 0.2) is 53.0 Å². The number of benzene rings is 2. The van der Waals surface area contributed by atoms with E-state index in [1.165, 1.54) is 68.7 Å². The van der Waals surface area contributed by atoms with Gasteiger partial charge < -0.3 is 10.2 Å². The average molecular weight is 460 g/mol. The standard InChI is InChI=1S/C13H19N.C7H7Br.C6H13N/c1-3-12-8-9-14(10-12)13-6-4-11(2)5-7-13;1-6-2-4-7(8)5-3-6;1-2-6-3-4-7-5-6/h4-7,12H,3,8-10H2,1-2H3;2-5H,1H3;6-7H,2-5H2,1H3/t12-;;6-/m1.1/s1. The van der Waals surface area contributed by atoms with Crippen LogP contribution >= 0.6 is 15.9 Å². The van der Waals surface area contributed by atoms with Gasteiger partial charge in [0.2, 0.25) is 0 Å². The summed E-state index contributed by atoms with van der Waals surface area (Å²) >= 11 is 3.35. The fraction of sp³-hybridized carbons (Fsp3) is 0.538. The summed E-state index contributed by atoms with van der Waals surface area (Å²) in [5, 5.41) is 3.32. The molecule has 2 saturated heterocycles. The Hall–Kier alpha value is -1.32. The molecular formula is C26H39BrN2. The summed E-state index contributed by atoms with van der Waals surface area (Å²) in [4.78, 5) is 2.51. The molecule has 2 heterocycles. The van der Waals surface area contributed by atoms with Crippen molar-refractivity contribution in [3.8, 4) is 0 Å². The summed E-state index contributed by atoms with van der Waals surface area (Å²) in [6.45, 7) is 13.8. The van der Waals surface area contributed by atoms with Crippen LogP contribution in [0.3, 0.4) is 0 Å². The van der Waals surface area contributed by atoms with E-state index in [1.54, 1.807) is 0 Å². The molecule has 0 aliphatic carbocycles. The Morgan fingerprint density at radius 1 is 0.862 bits per heavy atom. The third-order valence-electron chi connectivity index (χ3n) is 6.01. The zero-order chi connectivity index (χ0) is 21.1. The SMILES string of the molecule is CC[C@@H]1CCN(c2ccc(C)cc2)C1.CC[C@@H]1CCNC1.Cc1ccc(Br)cc1. The second-order valence-corrected chi connectivity index (χ2v) is 9.32. The first-order valence-corrected chi connectivity index (χ1v) is 12.1. The highest BCUT2D eigenvalue weighted by Crippen LogP contribution is 2.25. The zero-order valence-electron chi connectivity index (χ0n) is 18.8. The van der Waals surface area contributed by atoms with Gasteiger partial charge in [0.05, 0.1) is 0 Å². The van der Waals surface area contributed by atoms with Gasteiger partial charge in [-0.1, -0.05) is 78.0 Å². The van der Waals surface area contributed by atoms with Crippen molar-refractivity contribution in [1.29, 1.82) is 0 Å². The average Bonchev–Trinajstić information content (AvgIpc) is 3.43. The summed E-state index contributed by atoms with van der Waals surface area (Å²) in [5.41, 5.74) is 4.04. The van der Waals surface area contributed by atoms with Crippen LogP contribution < -0.4 is 10.2 Å². The van der Waals surface area contributed by atoms with Crippen molar-refractivity contribution in [2.75, 3.05) is 31.1 Å². The van der Waals surface area contributed by atoms with E-state index in [-0.39, 0.29) is 0 Å². The normalized spacial score (nSPS) is 20.5. The molecule has 1 N–H and O–H groups in total. The number of rotatable bonds is 3. The number of aryl methyl sites for hydroxylation is 2. The maximum Gasteiger partial charge on any atom is 0.0366 e. The van der Waals surface area contributed by atoms with Crippen molar-refractivity contribution in [3.05, 3.63) is 64.1 Å². The van der Waals surface area contributed by atoms with Crippen molar-refractivity contribution in [2.24, 2.45) is 11.8 Å². The third kappa shape index (κ3) is 8.92. The molecule has 160 valence electrons. The van der Waals surface area contributed by atoms with Gasteiger partial charge in [0.15, 0.2) is 0 Å². The molecule has 4 rings (SSSR count). The molecule has 0 bridgehead atoms. The molecule has 2 atom stereocenters. The highest BCUT2D eigenvalue weighted by atomic mass is 79.9. The van der Waals surface area contributed by atoms with Crippen LogP contribution in [0.25, 0.3) is 0 Å². The fourth-order valence-corrected chi connectivity index (χ4v) is 4.02. The molecule has 2 aliphatic rings. The molecule has 2 nitrogen and oxygen atoms in total. The number of nitrogens with zero attached hydrogens (tertiary/aromatic N) is 1. The molecule has 0 radical (unpaired) electrons. The van der Waals surface area contributed by atoms with Crippen LogP contribution in [0.2, 0.25) is 0 Å². The summed E-state index contributed by atoms with van der Waals surface area (Å²) in [5.74, 6) is 1.90. The minimum Gasteiger partial charge on any atom is -0.371 e. The smallest absolute Gasteiger partial charge is 0.0366 e. The van der Waals surface area contributed by atoms with Crippen molar-refractivity contribution in [3.63, 3.8) is 0 Å². The van der Waals surface area contributed by atoms with Crippen molar-refractivity contribution in [1.82, 2.24) is 5.32 Å². The Labute approximate surface area is 187 Å². The lowest BCUT2D eigenvalue weighted by Crippen LogP contribution is -2.19.